The predicted octanol–water partition coefficient (Wildman–Crippen LogP) is 3.02. The van der Waals surface area contributed by atoms with Crippen LogP contribution in [-0.4, -0.2) is 16.6 Å². The van der Waals surface area contributed by atoms with Crippen molar-refractivity contribution in [1.29, 1.82) is 0 Å². The Labute approximate surface area is 105 Å². The third-order valence-corrected chi connectivity index (χ3v) is 2.70. The van der Waals surface area contributed by atoms with E-state index in [1.165, 1.54) is 0 Å². The number of nitrogens with two attached hydrogens (primary N) is 1. The zero-order valence-electron chi connectivity index (χ0n) is 9.75. The van der Waals surface area contributed by atoms with Gasteiger partial charge in [0.1, 0.15) is 5.75 Å². The van der Waals surface area contributed by atoms with Crippen molar-refractivity contribution in [2.75, 3.05) is 12.3 Å². The molecule has 0 aliphatic rings. The SMILES string of the molecule is CCOc1ccc(-c2nc(N)[nH]c2C)cc1Cl. The molecule has 0 bridgehead atoms. The number of aromatic amines is 1. The minimum absolute atomic E-state index is 0.405. The van der Waals surface area contributed by atoms with Crippen molar-refractivity contribution in [2.24, 2.45) is 0 Å². The molecule has 3 N–H and O–H groups in total. The van der Waals surface area contributed by atoms with Crippen LogP contribution in [0.15, 0.2) is 18.2 Å². The highest BCUT2D eigenvalue weighted by molar-refractivity contribution is 6.32. The standard InChI is InChI=1S/C12H14ClN3O/c1-3-17-10-5-4-8(6-9(10)13)11-7(2)15-12(14)16-11/h4-6H,3H2,1-2H3,(H3,14,15,16). The molecule has 0 fully saturated rings. The Morgan fingerprint density at radius 2 is 2.24 bits per heavy atom. The molecule has 17 heavy (non-hydrogen) atoms. The molecule has 90 valence electrons. The third-order valence-electron chi connectivity index (χ3n) is 2.41. The minimum Gasteiger partial charge on any atom is -0.492 e. The van der Waals surface area contributed by atoms with Crippen LogP contribution >= 0.6 is 11.6 Å². The Kier molecular flexibility index (Phi) is 3.24. The molecule has 2 aromatic rings. The molecule has 0 amide bonds. The molecule has 1 aromatic carbocycles. The van der Waals surface area contributed by atoms with Crippen molar-refractivity contribution >= 4 is 17.5 Å². The van der Waals surface area contributed by atoms with E-state index in [1.807, 2.05) is 32.0 Å². The summed E-state index contributed by atoms with van der Waals surface area (Å²) in [5.74, 6) is 1.08. The number of anilines is 1. The maximum absolute atomic E-state index is 6.12. The van der Waals surface area contributed by atoms with Crippen LogP contribution in [0.25, 0.3) is 11.3 Å². The molecule has 0 spiro atoms. The van der Waals surface area contributed by atoms with Gasteiger partial charge < -0.3 is 15.5 Å². The first-order valence-corrected chi connectivity index (χ1v) is 5.74. The Bertz CT molecular complexity index is 537. The number of rotatable bonds is 3. The molecule has 0 aliphatic carbocycles. The van der Waals surface area contributed by atoms with Crippen LogP contribution in [0.4, 0.5) is 5.95 Å². The van der Waals surface area contributed by atoms with Crippen LogP contribution in [-0.2, 0) is 0 Å². The smallest absolute Gasteiger partial charge is 0.198 e. The van der Waals surface area contributed by atoms with Gasteiger partial charge in [-0.1, -0.05) is 11.6 Å². The predicted molar refractivity (Wildman–Crippen MR) is 69.4 cm³/mol. The Hall–Kier alpha value is -1.68. The number of H-pyrrole nitrogens is 1. The Balaban J connectivity index is 2.41. The third kappa shape index (κ3) is 2.36. The highest BCUT2D eigenvalue weighted by Gasteiger charge is 2.10. The molecule has 0 saturated carbocycles. The van der Waals surface area contributed by atoms with E-state index >= 15 is 0 Å². The molecule has 1 aromatic heterocycles. The Morgan fingerprint density at radius 3 is 2.76 bits per heavy atom. The number of ether oxygens (including phenoxy) is 1. The molecule has 2 rings (SSSR count). The van der Waals surface area contributed by atoms with Crippen molar-refractivity contribution in [3.05, 3.63) is 28.9 Å². The second kappa shape index (κ2) is 4.67. The van der Waals surface area contributed by atoms with Gasteiger partial charge in [-0.2, -0.15) is 0 Å². The lowest BCUT2D eigenvalue weighted by Crippen LogP contribution is -1.92. The lowest BCUT2D eigenvalue weighted by molar-refractivity contribution is 0.340. The van der Waals surface area contributed by atoms with Gasteiger partial charge in [0.2, 0.25) is 0 Å². The maximum atomic E-state index is 6.12. The number of aromatic nitrogens is 2. The van der Waals surface area contributed by atoms with Gasteiger partial charge in [0.05, 0.1) is 17.3 Å². The number of aryl methyl sites for hydroxylation is 1. The van der Waals surface area contributed by atoms with Gasteiger partial charge in [-0.3, -0.25) is 0 Å². The first kappa shape index (κ1) is 11.8. The molecule has 0 unspecified atom stereocenters. The van der Waals surface area contributed by atoms with Crippen LogP contribution in [0.5, 0.6) is 5.75 Å². The summed E-state index contributed by atoms with van der Waals surface area (Å²) in [5, 5.41) is 0.574. The van der Waals surface area contributed by atoms with E-state index in [0.29, 0.717) is 23.3 Å². The van der Waals surface area contributed by atoms with Crippen LogP contribution in [0.3, 0.4) is 0 Å². The van der Waals surface area contributed by atoms with E-state index in [4.69, 9.17) is 22.1 Å². The fourth-order valence-electron chi connectivity index (χ4n) is 1.69. The van der Waals surface area contributed by atoms with E-state index < -0.39 is 0 Å². The summed E-state index contributed by atoms with van der Waals surface area (Å²) in [5.41, 5.74) is 8.26. The van der Waals surface area contributed by atoms with E-state index in [9.17, 15) is 0 Å². The second-order valence-electron chi connectivity index (χ2n) is 3.67. The highest BCUT2D eigenvalue weighted by atomic mass is 35.5. The molecule has 0 saturated heterocycles. The number of imidazole rings is 1. The number of nitrogen functional groups attached to an aromatic ring is 1. The molecule has 4 nitrogen and oxygen atoms in total. The number of benzene rings is 1. The molecular formula is C12H14ClN3O. The monoisotopic (exact) mass is 251 g/mol. The summed E-state index contributed by atoms with van der Waals surface area (Å²) in [6, 6.07) is 5.58. The first-order chi connectivity index (χ1) is 8.11. The molecule has 5 heteroatoms. The minimum atomic E-state index is 0.405. The highest BCUT2D eigenvalue weighted by Crippen LogP contribution is 2.31. The van der Waals surface area contributed by atoms with Gasteiger partial charge in [-0.15, -0.1) is 0 Å². The summed E-state index contributed by atoms with van der Waals surface area (Å²) in [7, 11) is 0. The summed E-state index contributed by atoms with van der Waals surface area (Å²) in [6.07, 6.45) is 0. The average Bonchev–Trinajstić information content (AvgIpc) is 2.61. The number of nitrogens with one attached hydrogen (secondary N) is 1. The van der Waals surface area contributed by atoms with Crippen LogP contribution in [0, 0.1) is 6.92 Å². The Morgan fingerprint density at radius 1 is 1.47 bits per heavy atom. The van der Waals surface area contributed by atoms with Gasteiger partial charge in [0, 0.05) is 11.3 Å². The van der Waals surface area contributed by atoms with E-state index in [-0.39, 0.29) is 0 Å². The zero-order chi connectivity index (χ0) is 12.4. The molecule has 0 atom stereocenters. The summed E-state index contributed by atoms with van der Waals surface area (Å²) in [4.78, 5) is 7.18. The van der Waals surface area contributed by atoms with E-state index in [1.54, 1.807) is 0 Å². The van der Waals surface area contributed by atoms with Gasteiger partial charge in [0.15, 0.2) is 5.95 Å². The second-order valence-corrected chi connectivity index (χ2v) is 4.08. The van der Waals surface area contributed by atoms with E-state index in [2.05, 4.69) is 9.97 Å². The van der Waals surface area contributed by atoms with E-state index in [0.717, 1.165) is 17.0 Å². The van der Waals surface area contributed by atoms with Gasteiger partial charge >= 0.3 is 0 Å². The lowest BCUT2D eigenvalue weighted by Gasteiger charge is -2.06. The fraction of sp³-hybridized carbons (Fsp3) is 0.250. The molecule has 1 heterocycles. The summed E-state index contributed by atoms with van der Waals surface area (Å²) < 4.78 is 5.38. The average molecular weight is 252 g/mol. The largest absolute Gasteiger partial charge is 0.492 e. The molecule has 0 radical (unpaired) electrons. The van der Waals surface area contributed by atoms with Crippen molar-refractivity contribution in [1.82, 2.24) is 9.97 Å². The topological polar surface area (TPSA) is 63.9 Å². The number of halogens is 1. The molecule has 0 aliphatic heterocycles. The number of hydrogen-bond donors (Lipinski definition) is 2. The first-order valence-electron chi connectivity index (χ1n) is 5.36. The van der Waals surface area contributed by atoms with Crippen molar-refractivity contribution in [2.45, 2.75) is 13.8 Å². The summed E-state index contributed by atoms with van der Waals surface area (Å²) >= 11 is 6.12. The molecular weight excluding hydrogens is 238 g/mol. The van der Waals surface area contributed by atoms with Crippen molar-refractivity contribution < 1.29 is 4.74 Å². The normalized spacial score (nSPS) is 10.5. The van der Waals surface area contributed by atoms with Gasteiger partial charge in [-0.25, -0.2) is 4.98 Å². The number of hydrogen-bond acceptors (Lipinski definition) is 3. The quantitative estimate of drug-likeness (QED) is 0.881. The number of nitrogens with zero attached hydrogens (tertiary/aromatic N) is 1. The van der Waals surface area contributed by atoms with Gasteiger partial charge in [-0.05, 0) is 32.0 Å². The van der Waals surface area contributed by atoms with Crippen LogP contribution in [0.1, 0.15) is 12.6 Å². The summed E-state index contributed by atoms with van der Waals surface area (Å²) in [6.45, 7) is 4.43. The lowest BCUT2D eigenvalue weighted by atomic mass is 10.1. The van der Waals surface area contributed by atoms with Crippen LogP contribution < -0.4 is 10.5 Å². The maximum Gasteiger partial charge on any atom is 0.198 e. The van der Waals surface area contributed by atoms with Gasteiger partial charge in [0.25, 0.3) is 0 Å². The van der Waals surface area contributed by atoms with Crippen LogP contribution in [0.2, 0.25) is 5.02 Å². The fourth-order valence-corrected chi connectivity index (χ4v) is 1.92. The van der Waals surface area contributed by atoms with Crippen molar-refractivity contribution in [3.8, 4) is 17.0 Å². The van der Waals surface area contributed by atoms with Crippen molar-refractivity contribution in [3.63, 3.8) is 0 Å². The zero-order valence-corrected chi connectivity index (χ0v) is 10.5.